The van der Waals surface area contributed by atoms with Gasteiger partial charge in [0, 0.05) is 23.7 Å². The van der Waals surface area contributed by atoms with E-state index in [1.807, 2.05) is 0 Å². The van der Waals surface area contributed by atoms with Gasteiger partial charge in [-0.1, -0.05) is 0 Å². The van der Waals surface area contributed by atoms with Gasteiger partial charge in [0.2, 0.25) is 0 Å². The van der Waals surface area contributed by atoms with Crippen molar-refractivity contribution in [3.05, 3.63) is 0 Å². The zero-order valence-corrected chi connectivity index (χ0v) is 14.1. The van der Waals surface area contributed by atoms with Crippen molar-refractivity contribution in [2.24, 2.45) is 0 Å². The van der Waals surface area contributed by atoms with Crippen molar-refractivity contribution in [1.29, 1.82) is 0 Å². The van der Waals surface area contributed by atoms with Gasteiger partial charge >= 0.3 is 0 Å². The Morgan fingerprint density at radius 1 is 0.737 bits per heavy atom. The number of aliphatic hydroxyl groups excluding tert-OH is 1. The molecule has 0 rings (SSSR count). The second kappa shape index (κ2) is 14.9. The fourth-order valence-corrected chi connectivity index (χ4v) is 1.05. The number of hydrogen-bond donors (Lipinski definition) is 2. The van der Waals surface area contributed by atoms with Crippen molar-refractivity contribution in [3.8, 4) is 0 Å². The Kier molecular flexibility index (Phi) is 17.2. The third-order valence-electron chi connectivity index (χ3n) is 1.81. The van der Waals surface area contributed by atoms with E-state index in [-0.39, 0.29) is 30.3 Å². The summed E-state index contributed by atoms with van der Waals surface area (Å²) >= 11 is 0. The first-order valence-electron chi connectivity index (χ1n) is 6.20. The van der Waals surface area contributed by atoms with E-state index >= 15 is 0 Å². The average molecular weight is 394 g/mol. The predicted octanol–water partition coefficient (Wildman–Crippen LogP) is -0.565. The van der Waals surface area contributed by atoms with E-state index in [1.165, 1.54) is 0 Å². The molecule has 7 heteroatoms. The third kappa shape index (κ3) is 21.0. The predicted molar refractivity (Wildman–Crippen MR) is 72.4 cm³/mol. The molecule has 116 valence electrons. The van der Waals surface area contributed by atoms with E-state index in [0.717, 1.165) is 0 Å². The zero-order chi connectivity index (χ0) is 13.7. The van der Waals surface area contributed by atoms with Crippen LogP contribution in [0.25, 0.3) is 0 Å². The fraction of sp³-hybridized carbons (Fsp3) is 1.00. The molecule has 0 saturated heterocycles. The molecule has 0 atom stereocenters. The van der Waals surface area contributed by atoms with Crippen LogP contribution in [0.2, 0.25) is 0 Å². The molecule has 2 radical (unpaired) electrons. The Bertz CT molecular complexity index is 174. The molecule has 0 aliphatic rings. The Morgan fingerprint density at radius 3 is 1.47 bits per heavy atom. The summed E-state index contributed by atoms with van der Waals surface area (Å²) in [5.74, 6) is 0. The summed E-state index contributed by atoms with van der Waals surface area (Å²) in [4.78, 5) is 0. The van der Waals surface area contributed by atoms with E-state index in [2.05, 4.69) is 0 Å². The van der Waals surface area contributed by atoms with Gasteiger partial charge in [-0.05, 0) is 13.8 Å². The first-order valence-corrected chi connectivity index (χ1v) is 6.20. The van der Waals surface area contributed by atoms with E-state index < -0.39 is 5.60 Å². The quantitative estimate of drug-likeness (QED) is 0.322. The van der Waals surface area contributed by atoms with E-state index in [0.29, 0.717) is 52.9 Å². The molecule has 0 aliphatic heterocycles. The maximum atomic E-state index is 9.37. The number of aliphatic hydroxyl groups is 2. The SMILES string of the molecule is CC(C)(O)COCCOCCOCCOCCO.[Te]. The van der Waals surface area contributed by atoms with E-state index in [9.17, 15) is 5.11 Å². The molecule has 0 aromatic rings. The Hall–Kier alpha value is 0.550. The molecular weight excluding hydrogens is 368 g/mol. The summed E-state index contributed by atoms with van der Waals surface area (Å²) in [7, 11) is 0. The van der Waals surface area contributed by atoms with Gasteiger partial charge in [-0.25, -0.2) is 0 Å². The van der Waals surface area contributed by atoms with Crippen LogP contribution in [0, 0.1) is 0 Å². The Morgan fingerprint density at radius 2 is 1.11 bits per heavy atom. The van der Waals surface area contributed by atoms with E-state index in [1.54, 1.807) is 13.8 Å². The van der Waals surface area contributed by atoms with Crippen molar-refractivity contribution in [3.63, 3.8) is 0 Å². The van der Waals surface area contributed by atoms with Crippen molar-refractivity contribution < 1.29 is 29.2 Å². The molecule has 6 nitrogen and oxygen atoms in total. The summed E-state index contributed by atoms with van der Waals surface area (Å²) in [5, 5.41) is 17.8. The van der Waals surface area contributed by atoms with Crippen molar-refractivity contribution in [1.82, 2.24) is 0 Å². The van der Waals surface area contributed by atoms with Crippen LogP contribution in [0.4, 0.5) is 0 Å². The van der Waals surface area contributed by atoms with Gasteiger partial charge in [-0.3, -0.25) is 0 Å². The maximum absolute atomic E-state index is 9.37. The van der Waals surface area contributed by atoms with Crippen molar-refractivity contribution >= 4 is 23.7 Å². The standard InChI is InChI=1S/C12H26O6.Te/c1-12(2,14)11-18-10-9-17-8-7-16-6-5-15-4-3-13;/h13-14H,3-11H2,1-2H3;. The van der Waals surface area contributed by atoms with Crippen LogP contribution in [0.3, 0.4) is 0 Å². The molecule has 0 bridgehead atoms. The summed E-state index contributed by atoms with van der Waals surface area (Å²) in [6.45, 7) is 7.01. The molecule has 0 fully saturated rings. The molecule has 19 heavy (non-hydrogen) atoms. The van der Waals surface area contributed by atoms with Gasteiger partial charge in [0.15, 0.2) is 0 Å². The Labute approximate surface area is 132 Å². The molecule has 0 aliphatic carbocycles. The van der Waals surface area contributed by atoms with Gasteiger partial charge in [0.25, 0.3) is 0 Å². The monoisotopic (exact) mass is 396 g/mol. The fourth-order valence-electron chi connectivity index (χ4n) is 1.05. The molecule has 0 heterocycles. The molecule has 0 spiro atoms. The van der Waals surface area contributed by atoms with Gasteiger partial charge in [-0.2, -0.15) is 0 Å². The minimum atomic E-state index is -0.794. The van der Waals surface area contributed by atoms with Gasteiger partial charge < -0.3 is 29.2 Å². The first-order chi connectivity index (χ1) is 8.56. The molecule has 0 unspecified atom stereocenters. The smallest absolute Gasteiger partial charge is 0.0824 e. The molecule has 0 amide bonds. The maximum Gasteiger partial charge on any atom is 0.0824 e. The largest absolute Gasteiger partial charge is 0.394 e. The van der Waals surface area contributed by atoms with Gasteiger partial charge in [0.1, 0.15) is 0 Å². The topological polar surface area (TPSA) is 77.4 Å². The first kappa shape index (κ1) is 21.8. The summed E-state index contributed by atoms with van der Waals surface area (Å²) in [6, 6.07) is 0. The van der Waals surface area contributed by atoms with Crippen LogP contribution in [-0.2, 0) is 18.9 Å². The number of ether oxygens (including phenoxy) is 4. The molecule has 0 saturated carbocycles. The van der Waals surface area contributed by atoms with Gasteiger partial charge in [0.05, 0.1) is 65.1 Å². The molecular formula is C12H26O6Te. The minimum absolute atomic E-state index is 0. The summed E-state index contributed by atoms with van der Waals surface area (Å²) in [5.41, 5.74) is -0.794. The third-order valence-corrected chi connectivity index (χ3v) is 1.81. The molecule has 0 aromatic carbocycles. The number of rotatable bonds is 13. The van der Waals surface area contributed by atoms with Crippen LogP contribution in [0.15, 0.2) is 0 Å². The normalized spacial score (nSPS) is 11.4. The van der Waals surface area contributed by atoms with Crippen LogP contribution in [0.5, 0.6) is 0 Å². The summed E-state index contributed by atoms with van der Waals surface area (Å²) < 4.78 is 20.7. The molecule has 2 N–H and O–H groups in total. The van der Waals surface area contributed by atoms with Crippen molar-refractivity contribution in [2.45, 2.75) is 19.4 Å². The van der Waals surface area contributed by atoms with E-state index in [4.69, 9.17) is 24.1 Å². The number of hydrogen-bond acceptors (Lipinski definition) is 6. The average Bonchev–Trinajstić information content (AvgIpc) is 2.29. The van der Waals surface area contributed by atoms with Crippen LogP contribution in [0.1, 0.15) is 13.8 Å². The second-order valence-corrected chi connectivity index (χ2v) is 4.43. The molecule has 0 aromatic heterocycles. The zero-order valence-electron chi connectivity index (χ0n) is 11.8. The Balaban J connectivity index is 0. The van der Waals surface area contributed by atoms with Crippen molar-refractivity contribution in [2.75, 3.05) is 59.5 Å². The minimum Gasteiger partial charge on any atom is -0.394 e. The van der Waals surface area contributed by atoms with Crippen LogP contribution < -0.4 is 0 Å². The summed E-state index contributed by atoms with van der Waals surface area (Å²) in [6.07, 6.45) is 0. The van der Waals surface area contributed by atoms with Gasteiger partial charge in [-0.15, -0.1) is 0 Å². The van der Waals surface area contributed by atoms with Crippen LogP contribution in [-0.4, -0.2) is 98.9 Å². The second-order valence-electron chi connectivity index (χ2n) is 4.43. The van der Waals surface area contributed by atoms with Crippen LogP contribution >= 0.6 is 0 Å².